The van der Waals surface area contributed by atoms with E-state index < -0.39 is 34.2 Å². The van der Waals surface area contributed by atoms with Crippen LogP contribution in [0.4, 0.5) is 0 Å². The molecule has 7 atom stereocenters. The Kier molecular flexibility index (Phi) is 7.82. The standard InChI is InChI=1S/C29H40N2O5S/c1-7-14-30(28(4,5)6)26(34)24-29-18(3)15-21(37-29)22(27(35)36-8-2)23(29)25(33)31(24)20(17-32)16-19-12-10-9-11-13-19/h7,9-13,18,20-24,32H,1,8,14-17H2,2-6H3/t18?,20-,21-,22+,23+,24?,29?/m1/s1. The van der Waals surface area contributed by atoms with E-state index in [0.717, 1.165) is 12.0 Å². The molecule has 1 aromatic carbocycles. The van der Waals surface area contributed by atoms with Gasteiger partial charge in [0.25, 0.3) is 0 Å². The summed E-state index contributed by atoms with van der Waals surface area (Å²) in [7, 11) is 0. The Labute approximate surface area is 224 Å². The lowest BCUT2D eigenvalue weighted by atomic mass is 9.66. The number of carbonyl (C=O) groups excluding carboxylic acids is 3. The van der Waals surface area contributed by atoms with E-state index in [0.29, 0.717) is 13.0 Å². The number of rotatable bonds is 9. The maximum atomic E-state index is 14.6. The van der Waals surface area contributed by atoms with Crippen molar-refractivity contribution < 1.29 is 24.2 Å². The molecule has 3 fully saturated rings. The Balaban J connectivity index is 1.85. The number of hydrogen-bond acceptors (Lipinski definition) is 6. The average Bonchev–Trinajstić information content (AvgIpc) is 3.44. The van der Waals surface area contributed by atoms with Crippen molar-refractivity contribution in [3.63, 3.8) is 0 Å². The van der Waals surface area contributed by atoms with Crippen molar-refractivity contribution in [1.82, 2.24) is 9.80 Å². The van der Waals surface area contributed by atoms with E-state index in [1.807, 2.05) is 51.1 Å². The molecule has 2 amide bonds. The van der Waals surface area contributed by atoms with Gasteiger partial charge in [0, 0.05) is 17.3 Å². The van der Waals surface area contributed by atoms with Crippen molar-refractivity contribution in [2.45, 2.75) is 75.1 Å². The summed E-state index contributed by atoms with van der Waals surface area (Å²) >= 11 is 1.63. The van der Waals surface area contributed by atoms with E-state index in [4.69, 9.17) is 4.74 Å². The number of aliphatic hydroxyl groups excluding tert-OH is 1. The van der Waals surface area contributed by atoms with Gasteiger partial charge in [-0.25, -0.2) is 0 Å². The first-order valence-corrected chi connectivity index (χ1v) is 14.1. The molecule has 3 saturated heterocycles. The minimum atomic E-state index is -0.797. The zero-order valence-electron chi connectivity index (χ0n) is 22.6. The third-order valence-corrected chi connectivity index (χ3v) is 10.4. The number of carbonyl (C=O) groups is 3. The van der Waals surface area contributed by atoms with Crippen molar-refractivity contribution in [3.8, 4) is 0 Å². The first-order valence-electron chi connectivity index (χ1n) is 13.3. The summed E-state index contributed by atoms with van der Waals surface area (Å²) in [5, 5.41) is 10.5. The minimum absolute atomic E-state index is 0.0442. The molecule has 202 valence electrons. The van der Waals surface area contributed by atoms with Crippen LogP contribution in [0.3, 0.4) is 0 Å². The highest BCUT2D eigenvalue weighted by Crippen LogP contribution is 2.69. The minimum Gasteiger partial charge on any atom is -0.466 e. The molecule has 0 radical (unpaired) electrons. The zero-order chi connectivity index (χ0) is 27.1. The number of likely N-dealkylation sites (tertiary alicyclic amines) is 1. The fraction of sp³-hybridized carbons (Fsp3) is 0.621. The molecule has 3 aliphatic heterocycles. The molecule has 3 unspecified atom stereocenters. The summed E-state index contributed by atoms with van der Waals surface area (Å²) in [6.45, 7) is 14.0. The van der Waals surface area contributed by atoms with Crippen LogP contribution in [0.25, 0.3) is 0 Å². The molecule has 3 aliphatic rings. The highest BCUT2D eigenvalue weighted by Gasteiger charge is 2.77. The van der Waals surface area contributed by atoms with Gasteiger partial charge in [0.05, 0.1) is 35.8 Å². The van der Waals surface area contributed by atoms with E-state index in [9.17, 15) is 19.5 Å². The summed E-state index contributed by atoms with van der Waals surface area (Å²) in [4.78, 5) is 45.5. The van der Waals surface area contributed by atoms with E-state index in [2.05, 4.69) is 13.5 Å². The highest BCUT2D eigenvalue weighted by atomic mass is 32.2. The molecule has 0 saturated carbocycles. The van der Waals surface area contributed by atoms with Crippen LogP contribution in [0.15, 0.2) is 43.0 Å². The van der Waals surface area contributed by atoms with Crippen molar-refractivity contribution in [1.29, 1.82) is 0 Å². The molecule has 1 aromatic rings. The van der Waals surface area contributed by atoms with E-state index in [1.54, 1.807) is 34.6 Å². The predicted molar refractivity (Wildman–Crippen MR) is 145 cm³/mol. The fourth-order valence-electron chi connectivity index (χ4n) is 6.75. The maximum Gasteiger partial charge on any atom is 0.310 e. The van der Waals surface area contributed by atoms with Crippen molar-refractivity contribution in [2.24, 2.45) is 17.8 Å². The lowest BCUT2D eigenvalue weighted by Crippen LogP contribution is -2.62. The average molecular weight is 529 g/mol. The number of amides is 2. The first-order chi connectivity index (χ1) is 17.5. The number of hydrogen-bond donors (Lipinski definition) is 1. The van der Waals surface area contributed by atoms with Crippen molar-refractivity contribution in [2.75, 3.05) is 19.8 Å². The molecular weight excluding hydrogens is 488 g/mol. The highest BCUT2D eigenvalue weighted by molar-refractivity contribution is 8.02. The van der Waals surface area contributed by atoms with Crippen molar-refractivity contribution in [3.05, 3.63) is 48.6 Å². The van der Waals surface area contributed by atoms with Crippen LogP contribution in [0.2, 0.25) is 0 Å². The van der Waals surface area contributed by atoms with Gasteiger partial charge in [-0.05, 0) is 52.0 Å². The van der Waals surface area contributed by atoms with Crippen molar-refractivity contribution >= 4 is 29.5 Å². The third kappa shape index (κ3) is 4.50. The number of benzene rings is 1. The van der Waals surface area contributed by atoms with Crippen LogP contribution >= 0.6 is 11.8 Å². The summed E-state index contributed by atoms with van der Waals surface area (Å²) < 4.78 is 4.68. The Morgan fingerprint density at radius 3 is 2.57 bits per heavy atom. The Morgan fingerprint density at radius 2 is 2.00 bits per heavy atom. The number of ether oxygens (including phenoxy) is 1. The summed E-state index contributed by atoms with van der Waals surface area (Å²) in [6.07, 6.45) is 2.87. The number of esters is 1. The van der Waals surface area contributed by atoms with Crippen LogP contribution in [-0.2, 0) is 25.5 Å². The second-order valence-electron chi connectivity index (χ2n) is 11.5. The second-order valence-corrected chi connectivity index (χ2v) is 13.0. The van der Waals surface area contributed by atoms with Crippen LogP contribution < -0.4 is 0 Å². The second kappa shape index (κ2) is 10.4. The van der Waals surface area contributed by atoms with Gasteiger partial charge < -0.3 is 19.6 Å². The van der Waals surface area contributed by atoms with Gasteiger partial charge in [-0.15, -0.1) is 18.3 Å². The van der Waals surface area contributed by atoms with Crippen LogP contribution in [0.5, 0.6) is 0 Å². The number of fused-ring (bicyclic) bond motifs is 1. The monoisotopic (exact) mass is 528 g/mol. The number of thioether (sulfide) groups is 1. The normalized spacial score (nSPS) is 31.2. The molecule has 8 heteroatoms. The summed E-state index contributed by atoms with van der Waals surface area (Å²) in [5.41, 5.74) is 0.467. The third-order valence-electron chi connectivity index (χ3n) is 8.28. The SMILES string of the molecule is C=CCN(C(=O)C1N([C@@H](CO)Cc2ccccc2)C(=O)[C@@H]2[C@@H](C(=O)OCC)[C@H]3CC(C)C12S3)C(C)(C)C. The van der Waals surface area contributed by atoms with Gasteiger partial charge in [0.1, 0.15) is 6.04 Å². The van der Waals surface area contributed by atoms with Gasteiger partial charge in [0.2, 0.25) is 11.8 Å². The molecule has 0 aromatic heterocycles. The summed E-state index contributed by atoms with van der Waals surface area (Å²) in [5.74, 6) is -1.94. The quantitative estimate of drug-likeness (QED) is 0.391. The molecule has 37 heavy (non-hydrogen) atoms. The smallest absolute Gasteiger partial charge is 0.310 e. The van der Waals surface area contributed by atoms with Gasteiger partial charge >= 0.3 is 5.97 Å². The first kappa shape index (κ1) is 27.7. The molecular formula is C29H40N2O5S. The number of aliphatic hydroxyl groups is 1. The molecule has 0 aliphatic carbocycles. The Bertz CT molecular complexity index is 1040. The molecule has 7 nitrogen and oxygen atoms in total. The van der Waals surface area contributed by atoms with Gasteiger partial charge in [-0.2, -0.15) is 0 Å². The van der Waals surface area contributed by atoms with Gasteiger partial charge in [-0.1, -0.05) is 43.3 Å². The van der Waals surface area contributed by atoms with Crippen LogP contribution in [0, 0.1) is 17.8 Å². The van der Waals surface area contributed by atoms with Gasteiger partial charge in [0.15, 0.2) is 0 Å². The maximum absolute atomic E-state index is 14.6. The molecule has 2 bridgehead atoms. The van der Waals surface area contributed by atoms with E-state index in [-0.39, 0.29) is 42.2 Å². The largest absolute Gasteiger partial charge is 0.466 e. The molecule has 4 rings (SSSR count). The summed E-state index contributed by atoms with van der Waals surface area (Å²) in [6, 6.07) is 8.30. The topological polar surface area (TPSA) is 87.2 Å². The van der Waals surface area contributed by atoms with Crippen LogP contribution in [-0.4, -0.2) is 80.1 Å². The molecule has 3 heterocycles. The van der Waals surface area contributed by atoms with E-state index in [1.165, 1.54) is 0 Å². The van der Waals surface area contributed by atoms with Gasteiger partial charge in [-0.3, -0.25) is 14.4 Å². The molecule has 1 N–H and O–H groups in total. The lowest BCUT2D eigenvalue weighted by molar-refractivity contribution is -0.154. The van der Waals surface area contributed by atoms with E-state index >= 15 is 0 Å². The Morgan fingerprint density at radius 1 is 1.32 bits per heavy atom. The number of nitrogens with zero attached hydrogens (tertiary/aromatic N) is 2. The molecule has 1 spiro atoms. The van der Waals surface area contributed by atoms with Crippen LogP contribution in [0.1, 0.15) is 46.6 Å². The predicted octanol–water partition coefficient (Wildman–Crippen LogP) is 3.30. The Hall–Kier alpha value is -2.32. The fourth-order valence-corrected chi connectivity index (χ4v) is 9.14. The lowest BCUT2D eigenvalue weighted by Gasteiger charge is -2.45. The zero-order valence-corrected chi connectivity index (χ0v) is 23.4.